The summed E-state index contributed by atoms with van der Waals surface area (Å²) in [5.41, 5.74) is 2.03. The first-order valence-corrected chi connectivity index (χ1v) is 9.43. The van der Waals surface area contributed by atoms with E-state index in [1.54, 1.807) is 36.7 Å². The van der Waals surface area contributed by atoms with Gasteiger partial charge in [-0.1, -0.05) is 42.5 Å². The normalized spacial score (nSPS) is 10.9. The summed E-state index contributed by atoms with van der Waals surface area (Å²) in [5.74, 6) is 1.11. The molecule has 0 aliphatic carbocycles. The molecule has 30 heavy (non-hydrogen) atoms. The molecule has 1 amide bonds. The van der Waals surface area contributed by atoms with E-state index in [1.165, 1.54) is 11.6 Å². The van der Waals surface area contributed by atoms with Gasteiger partial charge < -0.3 is 14.6 Å². The molecule has 0 atom stereocenters. The fraction of sp³-hybridized carbons (Fsp3) is 0.182. The molecular formula is C22H21N5O3. The molecule has 2 heterocycles. The molecule has 152 valence electrons. The lowest BCUT2D eigenvalue weighted by Gasteiger charge is -2.12. The van der Waals surface area contributed by atoms with Crippen molar-refractivity contribution in [2.45, 2.75) is 13.3 Å². The Bertz CT molecular complexity index is 1290. The molecule has 0 bridgehead atoms. The molecular weight excluding hydrogens is 382 g/mol. The van der Waals surface area contributed by atoms with Gasteiger partial charge in [0.15, 0.2) is 5.82 Å². The number of fused-ring (bicyclic) bond motifs is 1. The Morgan fingerprint density at radius 1 is 1.10 bits per heavy atom. The van der Waals surface area contributed by atoms with Gasteiger partial charge in [-0.3, -0.25) is 9.59 Å². The Hall–Kier alpha value is -3.94. The van der Waals surface area contributed by atoms with Crippen LogP contribution in [0.3, 0.4) is 0 Å². The number of nitrogens with zero attached hydrogens (tertiary/aromatic N) is 4. The average molecular weight is 403 g/mol. The van der Waals surface area contributed by atoms with Crippen molar-refractivity contribution in [1.82, 2.24) is 19.2 Å². The van der Waals surface area contributed by atoms with Crippen LogP contribution in [0, 0.1) is 6.92 Å². The Kier molecular flexibility index (Phi) is 5.05. The number of anilines is 1. The van der Waals surface area contributed by atoms with Crippen molar-refractivity contribution in [2.75, 3.05) is 12.4 Å². The predicted octanol–water partition coefficient (Wildman–Crippen LogP) is 2.59. The summed E-state index contributed by atoms with van der Waals surface area (Å²) in [6.45, 7) is 1.80. The number of carbonyl (C=O) groups is 1. The van der Waals surface area contributed by atoms with E-state index in [9.17, 15) is 9.59 Å². The van der Waals surface area contributed by atoms with Gasteiger partial charge in [0.25, 0.3) is 5.56 Å². The molecule has 0 radical (unpaired) electrons. The molecule has 0 aliphatic rings. The zero-order valence-electron chi connectivity index (χ0n) is 16.9. The van der Waals surface area contributed by atoms with Gasteiger partial charge in [0.2, 0.25) is 11.7 Å². The quantitative estimate of drug-likeness (QED) is 0.553. The van der Waals surface area contributed by atoms with Crippen LogP contribution >= 0.6 is 0 Å². The SMILES string of the molecule is COc1ccccc1NC(=O)Cc1c(C)n(C)c2nc(-c3ccccc3)nn2c1=O. The Balaban J connectivity index is 1.71. The van der Waals surface area contributed by atoms with E-state index in [-0.39, 0.29) is 17.9 Å². The van der Waals surface area contributed by atoms with Crippen LogP contribution in [0.15, 0.2) is 59.4 Å². The number of rotatable bonds is 5. The molecule has 0 saturated carbocycles. The van der Waals surface area contributed by atoms with Gasteiger partial charge in [0, 0.05) is 23.9 Å². The highest BCUT2D eigenvalue weighted by Crippen LogP contribution is 2.23. The van der Waals surface area contributed by atoms with E-state index in [1.807, 2.05) is 36.4 Å². The highest BCUT2D eigenvalue weighted by atomic mass is 16.5. The average Bonchev–Trinajstić information content (AvgIpc) is 3.22. The number of nitrogens with one attached hydrogen (secondary N) is 1. The second-order valence-electron chi connectivity index (χ2n) is 6.87. The van der Waals surface area contributed by atoms with Crippen LogP contribution < -0.4 is 15.6 Å². The van der Waals surface area contributed by atoms with E-state index >= 15 is 0 Å². The van der Waals surface area contributed by atoms with Crippen LogP contribution in [-0.2, 0) is 18.3 Å². The first-order chi connectivity index (χ1) is 14.5. The number of para-hydroxylation sites is 2. The molecule has 8 heteroatoms. The summed E-state index contributed by atoms with van der Waals surface area (Å²) in [7, 11) is 3.34. The van der Waals surface area contributed by atoms with Gasteiger partial charge in [-0.25, -0.2) is 0 Å². The van der Waals surface area contributed by atoms with Crippen molar-refractivity contribution in [3.63, 3.8) is 0 Å². The standard InChI is InChI=1S/C22H21N5O3/c1-14-16(13-19(28)23-17-11-7-8-12-18(17)30-3)21(29)27-22(26(14)2)24-20(25-27)15-9-5-4-6-10-15/h4-12H,13H2,1-3H3,(H,23,28). The number of hydrogen-bond acceptors (Lipinski definition) is 5. The molecule has 0 aliphatic heterocycles. The van der Waals surface area contributed by atoms with Gasteiger partial charge in [-0.05, 0) is 19.1 Å². The van der Waals surface area contributed by atoms with Crippen LogP contribution in [0.5, 0.6) is 5.75 Å². The van der Waals surface area contributed by atoms with Crippen LogP contribution in [0.25, 0.3) is 17.2 Å². The van der Waals surface area contributed by atoms with E-state index in [0.717, 1.165) is 5.56 Å². The smallest absolute Gasteiger partial charge is 0.279 e. The minimum Gasteiger partial charge on any atom is -0.495 e. The number of benzene rings is 2. The lowest BCUT2D eigenvalue weighted by molar-refractivity contribution is -0.115. The number of aromatic nitrogens is 4. The maximum absolute atomic E-state index is 13.1. The third-order valence-corrected chi connectivity index (χ3v) is 5.03. The van der Waals surface area contributed by atoms with E-state index in [2.05, 4.69) is 15.4 Å². The number of methoxy groups -OCH3 is 1. The number of amides is 1. The van der Waals surface area contributed by atoms with Gasteiger partial charge in [-0.15, -0.1) is 5.10 Å². The van der Waals surface area contributed by atoms with Crippen LogP contribution in [-0.4, -0.2) is 32.2 Å². The molecule has 0 unspecified atom stereocenters. The third kappa shape index (κ3) is 3.43. The minimum atomic E-state index is -0.356. The molecule has 1 N–H and O–H groups in total. The lowest BCUT2D eigenvalue weighted by atomic mass is 10.1. The maximum atomic E-state index is 13.1. The summed E-state index contributed by atoms with van der Waals surface area (Å²) in [5, 5.41) is 7.19. The minimum absolute atomic E-state index is 0.0903. The molecule has 0 fully saturated rings. The van der Waals surface area contributed by atoms with Gasteiger partial charge >= 0.3 is 0 Å². The predicted molar refractivity (Wildman–Crippen MR) is 114 cm³/mol. The maximum Gasteiger partial charge on any atom is 0.279 e. The highest BCUT2D eigenvalue weighted by molar-refractivity contribution is 5.93. The van der Waals surface area contributed by atoms with Crippen molar-refractivity contribution in [1.29, 1.82) is 0 Å². The number of ether oxygens (including phenoxy) is 1. The summed E-state index contributed by atoms with van der Waals surface area (Å²) < 4.78 is 8.28. The highest BCUT2D eigenvalue weighted by Gasteiger charge is 2.19. The van der Waals surface area contributed by atoms with Crippen LogP contribution in [0.2, 0.25) is 0 Å². The number of aryl methyl sites for hydroxylation is 1. The second kappa shape index (κ2) is 7.82. The molecule has 2 aromatic heterocycles. The summed E-state index contributed by atoms with van der Waals surface area (Å²) in [6, 6.07) is 16.6. The van der Waals surface area contributed by atoms with Crippen molar-refractivity contribution in [2.24, 2.45) is 7.05 Å². The summed E-state index contributed by atoms with van der Waals surface area (Å²) >= 11 is 0. The van der Waals surface area contributed by atoms with E-state index in [4.69, 9.17) is 4.74 Å². The molecule has 2 aromatic carbocycles. The second-order valence-corrected chi connectivity index (χ2v) is 6.87. The lowest BCUT2D eigenvalue weighted by Crippen LogP contribution is -2.28. The molecule has 0 saturated heterocycles. The van der Waals surface area contributed by atoms with Crippen molar-refractivity contribution >= 4 is 17.4 Å². The number of hydrogen-bond donors (Lipinski definition) is 1. The Morgan fingerprint density at radius 3 is 2.53 bits per heavy atom. The summed E-state index contributed by atoms with van der Waals surface area (Å²) in [6.07, 6.45) is -0.0903. The monoisotopic (exact) mass is 403 g/mol. The number of carbonyl (C=O) groups excluding carboxylic acids is 1. The Labute approximate surface area is 172 Å². The van der Waals surface area contributed by atoms with Gasteiger partial charge in [-0.2, -0.15) is 9.50 Å². The third-order valence-electron chi connectivity index (χ3n) is 5.03. The van der Waals surface area contributed by atoms with Crippen molar-refractivity contribution in [3.8, 4) is 17.1 Å². The zero-order valence-corrected chi connectivity index (χ0v) is 16.9. The first kappa shape index (κ1) is 19.4. The van der Waals surface area contributed by atoms with Crippen LogP contribution in [0.1, 0.15) is 11.3 Å². The fourth-order valence-electron chi connectivity index (χ4n) is 3.31. The summed E-state index contributed by atoms with van der Waals surface area (Å²) in [4.78, 5) is 30.3. The van der Waals surface area contributed by atoms with Crippen molar-refractivity contribution < 1.29 is 9.53 Å². The van der Waals surface area contributed by atoms with Crippen LogP contribution in [0.4, 0.5) is 5.69 Å². The zero-order chi connectivity index (χ0) is 21.3. The molecule has 4 rings (SSSR count). The largest absolute Gasteiger partial charge is 0.495 e. The topological polar surface area (TPSA) is 90.5 Å². The van der Waals surface area contributed by atoms with E-state index < -0.39 is 0 Å². The molecule has 8 nitrogen and oxygen atoms in total. The van der Waals surface area contributed by atoms with Gasteiger partial charge in [0.05, 0.1) is 19.2 Å². The fourth-order valence-corrected chi connectivity index (χ4v) is 3.31. The first-order valence-electron chi connectivity index (χ1n) is 9.43. The molecule has 4 aromatic rings. The van der Waals surface area contributed by atoms with E-state index in [0.29, 0.717) is 34.3 Å². The van der Waals surface area contributed by atoms with Crippen molar-refractivity contribution in [3.05, 3.63) is 76.2 Å². The van der Waals surface area contributed by atoms with Gasteiger partial charge in [0.1, 0.15) is 5.75 Å². The Morgan fingerprint density at radius 2 is 1.80 bits per heavy atom. The molecule has 0 spiro atoms.